The van der Waals surface area contributed by atoms with Crippen molar-refractivity contribution in [2.24, 2.45) is 0 Å². The summed E-state index contributed by atoms with van der Waals surface area (Å²) in [5, 5.41) is 3.28. The predicted molar refractivity (Wildman–Crippen MR) is 76.2 cm³/mol. The summed E-state index contributed by atoms with van der Waals surface area (Å²) in [6.07, 6.45) is 0. The molecule has 1 N–H and O–H groups in total. The third-order valence-corrected chi connectivity index (χ3v) is 3.75. The van der Waals surface area contributed by atoms with E-state index in [4.69, 9.17) is 0 Å². The van der Waals surface area contributed by atoms with Crippen LogP contribution in [0.1, 0.15) is 22.7 Å². The van der Waals surface area contributed by atoms with Crippen molar-refractivity contribution in [2.45, 2.75) is 13.0 Å². The number of aryl methyl sites for hydroxylation is 1. The van der Waals surface area contributed by atoms with E-state index in [0.717, 1.165) is 10.0 Å². The Kier molecular flexibility index (Phi) is 4.15. The molecule has 2 aromatic carbocycles. The van der Waals surface area contributed by atoms with E-state index in [-0.39, 0.29) is 11.9 Å². The van der Waals surface area contributed by atoms with Crippen molar-refractivity contribution < 1.29 is 4.39 Å². The molecule has 0 spiro atoms. The fourth-order valence-corrected chi connectivity index (χ4v) is 2.70. The average molecular weight is 308 g/mol. The van der Waals surface area contributed by atoms with E-state index in [1.54, 1.807) is 0 Å². The third kappa shape index (κ3) is 2.62. The lowest BCUT2D eigenvalue weighted by atomic mass is 9.95. The molecule has 3 heteroatoms. The number of benzene rings is 2. The third-order valence-electron chi connectivity index (χ3n) is 3.06. The molecule has 0 bridgehead atoms. The fourth-order valence-electron chi connectivity index (χ4n) is 2.12. The number of nitrogens with one attached hydrogen (secondary N) is 1. The summed E-state index contributed by atoms with van der Waals surface area (Å²) in [6.45, 7) is 2.08. The summed E-state index contributed by atoms with van der Waals surface area (Å²) in [5.41, 5.74) is 3.45. The monoisotopic (exact) mass is 307 g/mol. The van der Waals surface area contributed by atoms with E-state index >= 15 is 0 Å². The summed E-state index contributed by atoms with van der Waals surface area (Å²) in [5.74, 6) is -0.231. The highest BCUT2D eigenvalue weighted by Gasteiger charge is 2.16. The molecule has 0 aliphatic heterocycles. The highest BCUT2D eigenvalue weighted by molar-refractivity contribution is 9.10. The van der Waals surface area contributed by atoms with E-state index in [1.807, 2.05) is 25.2 Å². The van der Waals surface area contributed by atoms with Crippen LogP contribution in [0.2, 0.25) is 0 Å². The van der Waals surface area contributed by atoms with Crippen molar-refractivity contribution in [3.05, 3.63) is 69.4 Å². The zero-order valence-electron chi connectivity index (χ0n) is 10.4. The van der Waals surface area contributed by atoms with Gasteiger partial charge < -0.3 is 5.32 Å². The topological polar surface area (TPSA) is 12.0 Å². The first-order chi connectivity index (χ1) is 8.63. The zero-order valence-corrected chi connectivity index (χ0v) is 12.0. The summed E-state index contributed by atoms with van der Waals surface area (Å²) in [7, 11) is 1.91. The van der Waals surface area contributed by atoms with Gasteiger partial charge in [-0.2, -0.15) is 0 Å². The van der Waals surface area contributed by atoms with E-state index in [1.165, 1.54) is 23.3 Å². The summed E-state index contributed by atoms with van der Waals surface area (Å²) < 4.78 is 13.9. The van der Waals surface area contributed by atoms with Crippen LogP contribution in [0.3, 0.4) is 0 Å². The van der Waals surface area contributed by atoms with E-state index in [2.05, 4.69) is 40.3 Å². The molecule has 2 rings (SSSR count). The second-order valence-corrected chi connectivity index (χ2v) is 5.10. The predicted octanol–water partition coefficient (Wildman–Crippen LogP) is 4.21. The fraction of sp³-hybridized carbons (Fsp3) is 0.200. The van der Waals surface area contributed by atoms with Crippen LogP contribution >= 0.6 is 15.9 Å². The van der Waals surface area contributed by atoms with Crippen molar-refractivity contribution in [3.8, 4) is 0 Å². The molecule has 0 saturated carbocycles. The smallest absolute Gasteiger partial charge is 0.124 e. The highest BCUT2D eigenvalue weighted by atomic mass is 79.9. The average Bonchev–Trinajstić information content (AvgIpc) is 2.34. The first kappa shape index (κ1) is 13.2. The van der Waals surface area contributed by atoms with Crippen LogP contribution in [0.4, 0.5) is 4.39 Å². The molecule has 0 fully saturated rings. The maximum absolute atomic E-state index is 13.1. The van der Waals surface area contributed by atoms with Crippen LogP contribution in [0.15, 0.2) is 46.9 Å². The first-order valence-electron chi connectivity index (χ1n) is 5.81. The number of hydrogen-bond acceptors (Lipinski definition) is 1. The van der Waals surface area contributed by atoms with Crippen molar-refractivity contribution in [1.29, 1.82) is 0 Å². The van der Waals surface area contributed by atoms with Gasteiger partial charge >= 0.3 is 0 Å². The Morgan fingerprint density at radius 2 is 1.83 bits per heavy atom. The first-order valence-corrected chi connectivity index (χ1v) is 6.60. The molecule has 2 aromatic rings. The lowest BCUT2D eigenvalue weighted by Crippen LogP contribution is -2.19. The number of halogens is 2. The maximum Gasteiger partial charge on any atom is 0.124 e. The molecule has 94 valence electrons. The van der Waals surface area contributed by atoms with Gasteiger partial charge in [0.05, 0.1) is 6.04 Å². The van der Waals surface area contributed by atoms with Crippen LogP contribution in [0, 0.1) is 12.7 Å². The Bertz CT molecular complexity index is 554. The summed E-state index contributed by atoms with van der Waals surface area (Å²) >= 11 is 3.43. The second kappa shape index (κ2) is 5.63. The number of rotatable bonds is 3. The van der Waals surface area contributed by atoms with Crippen molar-refractivity contribution in [3.63, 3.8) is 0 Å². The largest absolute Gasteiger partial charge is 0.309 e. The molecule has 0 amide bonds. The summed E-state index contributed by atoms with van der Waals surface area (Å²) in [4.78, 5) is 0. The van der Waals surface area contributed by atoms with Crippen LogP contribution in [0.25, 0.3) is 0 Å². The minimum atomic E-state index is -0.231. The van der Waals surface area contributed by atoms with E-state index < -0.39 is 0 Å². The Morgan fingerprint density at radius 3 is 2.44 bits per heavy atom. The molecule has 0 aromatic heterocycles. The molecular formula is C15H15BrFN. The Morgan fingerprint density at radius 1 is 1.11 bits per heavy atom. The normalized spacial score (nSPS) is 12.4. The summed E-state index contributed by atoms with van der Waals surface area (Å²) in [6, 6.07) is 13.1. The van der Waals surface area contributed by atoms with Gasteiger partial charge in [0.2, 0.25) is 0 Å². The minimum absolute atomic E-state index is 0.0566. The van der Waals surface area contributed by atoms with Gasteiger partial charge in [0.25, 0.3) is 0 Å². The molecule has 0 heterocycles. The Balaban J connectivity index is 2.49. The van der Waals surface area contributed by atoms with Gasteiger partial charge in [0.15, 0.2) is 0 Å². The van der Waals surface area contributed by atoms with Gasteiger partial charge in [0.1, 0.15) is 5.82 Å². The molecule has 1 nitrogen and oxygen atoms in total. The standard InChI is InChI=1S/C15H15BrFN/c1-10-5-3-4-6-12(10)15(18-2)13-8-7-11(17)9-14(13)16/h3-9,15,18H,1-2H3. The maximum atomic E-state index is 13.1. The number of hydrogen-bond donors (Lipinski definition) is 1. The Labute approximate surface area is 115 Å². The quantitative estimate of drug-likeness (QED) is 0.896. The van der Waals surface area contributed by atoms with Gasteiger partial charge in [0, 0.05) is 4.47 Å². The van der Waals surface area contributed by atoms with Gasteiger partial charge in [-0.05, 0) is 42.8 Å². The second-order valence-electron chi connectivity index (χ2n) is 4.24. The van der Waals surface area contributed by atoms with Crippen LogP contribution in [-0.2, 0) is 0 Å². The van der Waals surface area contributed by atoms with Gasteiger partial charge in [-0.25, -0.2) is 4.39 Å². The van der Waals surface area contributed by atoms with Crippen molar-refractivity contribution in [1.82, 2.24) is 5.32 Å². The van der Waals surface area contributed by atoms with Gasteiger partial charge in [-0.1, -0.05) is 46.3 Å². The van der Waals surface area contributed by atoms with Crippen LogP contribution < -0.4 is 5.32 Å². The molecule has 0 radical (unpaired) electrons. The molecule has 1 unspecified atom stereocenters. The van der Waals surface area contributed by atoms with Gasteiger partial charge in [-0.3, -0.25) is 0 Å². The molecule has 18 heavy (non-hydrogen) atoms. The van der Waals surface area contributed by atoms with Crippen LogP contribution in [-0.4, -0.2) is 7.05 Å². The molecule has 0 aliphatic carbocycles. The zero-order chi connectivity index (χ0) is 13.1. The molecular weight excluding hydrogens is 293 g/mol. The van der Waals surface area contributed by atoms with Crippen molar-refractivity contribution in [2.75, 3.05) is 7.05 Å². The molecule has 1 atom stereocenters. The Hall–Kier alpha value is -1.19. The highest BCUT2D eigenvalue weighted by Crippen LogP contribution is 2.30. The van der Waals surface area contributed by atoms with Gasteiger partial charge in [-0.15, -0.1) is 0 Å². The molecule has 0 saturated heterocycles. The SMILES string of the molecule is CNC(c1ccccc1C)c1ccc(F)cc1Br. The lowest BCUT2D eigenvalue weighted by molar-refractivity contribution is 0.621. The molecule has 0 aliphatic rings. The minimum Gasteiger partial charge on any atom is -0.309 e. The van der Waals surface area contributed by atoms with E-state index in [0.29, 0.717) is 0 Å². The lowest BCUT2D eigenvalue weighted by Gasteiger charge is -2.20. The van der Waals surface area contributed by atoms with E-state index in [9.17, 15) is 4.39 Å². The van der Waals surface area contributed by atoms with Crippen molar-refractivity contribution >= 4 is 15.9 Å². The van der Waals surface area contributed by atoms with Crippen LogP contribution in [0.5, 0.6) is 0 Å².